The van der Waals surface area contributed by atoms with Gasteiger partial charge in [0.05, 0.1) is 5.69 Å². The number of amides is 1. The lowest BCUT2D eigenvalue weighted by molar-refractivity contribution is 0.0287. The molecule has 144 valence electrons. The van der Waals surface area contributed by atoms with E-state index in [1.807, 2.05) is 0 Å². The van der Waals surface area contributed by atoms with Crippen LogP contribution in [-0.4, -0.2) is 66.5 Å². The fourth-order valence-electron chi connectivity index (χ4n) is 3.20. The van der Waals surface area contributed by atoms with Gasteiger partial charge in [-0.05, 0) is 39.3 Å². The molecule has 2 aliphatic rings. The standard InChI is InChI=1S/C16H23ClN4O4S/c1-16(2,3)25-15(22)19-7-5-13(11-19)21-9-8-20(26(21,23)24)12-4-6-18-14(17)10-12/h4,6,10,13H,5,7-9,11H2,1-3H3. The number of ether oxygens (including phenoxy) is 1. The van der Waals surface area contributed by atoms with Crippen LogP contribution in [0, 0.1) is 0 Å². The molecule has 0 radical (unpaired) electrons. The molecule has 1 aromatic heterocycles. The highest BCUT2D eigenvalue weighted by atomic mass is 35.5. The molecule has 0 saturated carbocycles. The van der Waals surface area contributed by atoms with Crippen molar-refractivity contribution in [1.29, 1.82) is 0 Å². The molecule has 1 aromatic rings. The van der Waals surface area contributed by atoms with E-state index in [1.54, 1.807) is 31.7 Å². The highest BCUT2D eigenvalue weighted by Gasteiger charge is 2.44. The van der Waals surface area contributed by atoms with Crippen molar-refractivity contribution in [3.8, 4) is 0 Å². The zero-order valence-electron chi connectivity index (χ0n) is 15.1. The maximum atomic E-state index is 13.0. The topological polar surface area (TPSA) is 83.1 Å². The Balaban J connectivity index is 1.71. The van der Waals surface area contributed by atoms with Gasteiger partial charge in [0.15, 0.2) is 0 Å². The molecule has 0 aromatic carbocycles. The number of rotatable bonds is 2. The minimum atomic E-state index is -3.66. The number of carbonyl (C=O) groups excluding carboxylic acids is 1. The molecule has 0 spiro atoms. The summed E-state index contributed by atoms with van der Waals surface area (Å²) >= 11 is 5.88. The summed E-state index contributed by atoms with van der Waals surface area (Å²) in [5.74, 6) is 0. The monoisotopic (exact) mass is 402 g/mol. The molecule has 1 amide bonds. The van der Waals surface area contributed by atoms with Crippen molar-refractivity contribution in [2.24, 2.45) is 0 Å². The van der Waals surface area contributed by atoms with Gasteiger partial charge in [0.2, 0.25) is 0 Å². The van der Waals surface area contributed by atoms with Crippen LogP contribution in [0.4, 0.5) is 10.5 Å². The summed E-state index contributed by atoms with van der Waals surface area (Å²) in [6.45, 7) is 6.94. The summed E-state index contributed by atoms with van der Waals surface area (Å²) in [5.41, 5.74) is -0.0822. The first kappa shape index (κ1) is 19.2. The lowest BCUT2D eigenvalue weighted by atomic mass is 10.2. The van der Waals surface area contributed by atoms with Crippen LogP contribution in [0.1, 0.15) is 27.2 Å². The Hall–Kier alpha value is -1.58. The van der Waals surface area contributed by atoms with Crippen LogP contribution >= 0.6 is 11.6 Å². The van der Waals surface area contributed by atoms with Gasteiger partial charge in [-0.2, -0.15) is 12.7 Å². The number of aromatic nitrogens is 1. The third-order valence-electron chi connectivity index (χ3n) is 4.32. The lowest BCUT2D eigenvalue weighted by Crippen LogP contribution is -2.43. The first-order chi connectivity index (χ1) is 12.1. The van der Waals surface area contributed by atoms with Gasteiger partial charge in [0, 0.05) is 38.4 Å². The number of pyridine rings is 1. The fraction of sp³-hybridized carbons (Fsp3) is 0.625. The molecule has 0 aliphatic carbocycles. The van der Waals surface area contributed by atoms with Gasteiger partial charge >= 0.3 is 16.3 Å². The number of anilines is 1. The van der Waals surface area contributed by atoms with Crippen molar-refractivity contribution in [2.75, 3.05) is 30.5 Å². The van der Waals surface area contributed by atoms with Crippen molar-refractivity contribution in [3.05, 3.63) is 23.5 Å². The summed E-state index contributed by atoms with van der Waals surface area (Å²) in [6.07, 6.45) is 1.66. The first-order valence-corrected chi connectivity index (χ1v) is 10.2. The zero-order valence-corrected chi connectivity index (χ0v) is 16.6. The second-order valence-electron chi connectivity index (χ2n) is 7.40. The van der Waals surface area contributed by atoms with E-state index in [-0.39, 0.29) is 11.2 Å². The minimum Gasteiger partial charge on any atom is -0.444 e. The van der Waals surface area contributed by atoms with Crippen LogP contribution in [0.2, 0.25) is 5.15 Å². The molecule has 26 heavy (non-hydrogen) atoms. The number of likely N-dealkylation sites (tertiary alicyclic amines) is 1. The number of hydrogen-bond donors (Lipinski definition) is 0. The van der Waals surface area contributed by atoms with Gasteiger partial charge in [-0.3, -0.25) is 4.31 Å². The van der Waals surface area contributed by atoms with Gasteiger partial charge in [-0.15, -0.1) is 0 Å². The molecule has 1 unspecified atom stereocenters. The Kier molecular flexibility index (Phi) is 5.06. The molecular weight excluding hydrogens is 380 g/mol. The van der Waals surface area contributed by atoms with Gasteiger partial charge in [-0.1, -0.05) is 11.6 Å². The fourth-order valence-corrected chi connectivity index (χ4v) is 5.17. The van der Waals surface area contributed by atoms with Crippen molar-refractivity contribution in [2.45, 2.75) is 38.8 Å². The Morgan fingerprint density at radius 2 is 2.04 bits per heavy atom. The largest absolute Gasteiger partial charge is 0.444 e. The third-order valence-corrected chi connectivity index (χ3v) is 6.55. The molecule has 0 bridgehead atoms. The molecule has 2 aliphatic heterocycles. The van der Waals surface area contributed by atoms with Crippen molar-refractivity contribution >= 4 is 33.6 Å². The van der Waals surface area contributed by atoms with E-state index in [0.717, 1.165) is 0 Å². The smallest absolute Gasteiger partial charge is 0.410 e. The Labute approximate surface area is 158 Å². The second-order valence-corrected chi connectivity index (χ2v) is 9.59. The molecule has 2 fully saturated rings. The molecule has 0 N–H and O–H groups in total. The molecule has 3 rings (SSSR count). The van der Waals surface area contributed by atoms with Gasteiger partial charge in [0.25, 0.3) is 0 Å². The molecule has 2 saturated heterocycles. The van der Waals surface area contributed by atoms with E-state index in [1.165, 1.54) is 20.9 Å². The second kappa shape index (κ2) is 6.86. The summed E-state index contributed by atoms with van der Waals surface area (Å²) in [6, 6.07) is 2.90. The number of carbonyl (C=O) groups is 1. The number of nitrogens with zero attached hydrogens (tertiary/aromatic N) is 4. The Bertz CT molecular complexity index is 796. The van der Waals surface area contributed by atoms with Crippen LogP contribution in [-0.2, 0) is 14.9 Å². The first-order valence-electron chi connectivity index (χ1n) is 8.47. The van der Waals surface area contributed by atoms with Crippen LogP contribution in [0.25, 0.3) is 0 Å². The summed E-state index contributed by atoms with van der Waals surface area (Å²) in [4.78, 5) is 17.7. The van der Waals surface area contributed by atoms with E-state index < -0.39 is 21.9 Å². The average Bonchev–Trinajstić information content (AvgIpc) is 3.09. The maximum absolute atomic E-state index is 13.0. The SMILES string of the molecule is CC(C)(C)OC(=O)N1CCC(N2CCN(c3ccnc(Cl)c3)S2(=O)=O)C1. The predicted octanol–water partition coefficient (Wildman–Crippen LogP) is 2.11. The number of halogens is 1. The molecule has 10 heteroatoms. The molecular formula is C16H23ClN4O4S. The van der Waals surface area contributed by atoms with Crippen LogP contribution in [0.15, 0.2) is 18.3 Å². The summed E-state index contributed by atoms with van der Waals surface area (Å²) < 4.78 is 34.1. The normalized spacial score (nSPS) is 23.5. The van der Waals surface area contributed by atoms with E-state index in [2.05, 4.69) is 4.98 Å². The summed E-state index contributed by atoms with van der Waals surface area (Å²) in [5, 5.41) is 0.244. The molecule has 8 nitrogen and oxygen atoms in total. The Morgan fingerprint density at radius 3 is 2.69 bits per heavy atom. The highest BCUT2D eigenvalue weighted by Crippen LogP contribution is 2.30. The van der Waals surface area contributed by atoms with Gasteiger partial charge in [-0.25, -0.2) is 9.78 Å². The maximum Gasteiger partial charge on any atom is 0.410 e. The van der Waals surface area contributed by atoms with Crippen molar-refractivity contribution < 1.29 is 17.9 Å². The van der Waals surface area contributed by atoms with Crippen molar-refractivity contribution in [1.82, 2.24) is 14.2 Å². The highest BCUT2D eigenvalue weighted by molar-refractivity contribution is 7.90. The quantitative estimate of drug-likeness (QED) is 0.707. The van der Waals surface area contributed by atoms with Crippen LogP contribution < -0.4 is 4.31 Å². The zero-order chi connectivity index (χ0) is 19.1. The third kappa shape index (κ3) is 3.89. The van der Waals surface area contributed by atoms with Crippen LogP contribution in [0.5, 0.6) is 0 Å². The van der Waals surface area contributed by atoms with Gasteiger partial charge in [0.1, 0.15) is 10.8 Å². The van der Waals surface area contributed by atoms with E-state index in [0.29, 0.717) is 38.3 Å². The molecule has 1 atom stereocenters. The van der Waals surface area contributed by atoms with E-state index >= 15 is 0 Å². The predicted molar refractivity (Wildman–Crippen MR) is 98.4 cm³/mol. The van der Waals surface area contributed by atoms with Crippen molar-refractivity contribution in [3.63, 3.8) is 0 Å². The summed E-state index contributed by atoms with van der Waals surface area (Å²) in [7, 11) is -3.66. The minimum absolute atomic E-state index is 0.244. The lowest BCUT2D eigenvalue weighted by Gasteiger charge is -2.26. The van der Waals surface area contributed by atoms with E-state index in [9.17, 15) is 13.2 Å². The number of hydrogen-bond acceptors (Lipinski definition) is 5. The van der Waals surface area contributed by atoms with Crippen LogP contribution in [0.3, 0.4) is 0 Å². The average molecular weight is 403 g/mol. The Morgan fingerprint density at radius 1 is 1.31 bits per heavy atom. The van der Waals surface area contributed by atoms with E-state index in [4.69, 9.17) is 16.3 Å². The molecule has 3 heterocycles. The van der Waals surface area contributed by atoms with Gasteiger partial charge < -0.3 is 9.64 Å².